The van der Waals surface area contributed by atoms with Gasteiger partial charge in [-0.05, 0) is 135 Å². The van der Waals surface area contributed by atoms with Gasteiger partial charge in [-0.1, -0.05) is 267 Å². The van der Waals surface area contributed by atoms with E-state index in [9.17, 15) is 19.0 Å². The van der Waals surface area contributed by atoms with E-state index in [0.29, 0.717) is 23.9 Å². The SMILES string of the molecule is CC/C=C\C/C=C\C/C=C\C/C=C\C/C=C\C/C=C\C/C=C\C/C=C\C/C=C\CCCCCCCCCCCC(=O)OC(COC(=O)CCCCCCCC/C=C\C/C=C\C/C=C\C/C=C\C/C=C\C/C=C\CC)COP(=O)(O)OCC[N+](C)(C)C. The van der Waals surface area contributed by atoms with Crippen LogP contribution in [0.25, 0.3) is 0 Å². The van der Waals surface area contributed by atoms with Crippen molar-refractivity contribution in [1.29, 1.82) is 0 Å². The average Bonchev–Trinajstić information content (AvgIpc) is 3.67. The molecule has 86 heavy (non-hydrogen) atoms. The summed E-state index contributed by atoms with van der Waals surface area (Å²) >= 11 is 0. The van der Waals surface area contributed by atoms with E-state index in [1.54, 1.807) is 0 Å². The van der Waals surface area contributed by atoms with Gasteiger partial charge in [0.2, 0.25) is 0 Å². The lowest BCUT2D eigenvalue weighted by Crippen LogP contribution is -2.37. The van der Waals surface area contributed by atoms with Crippen LogP contribution in [-0.2, 0) is 32.7 Å². The Hall–Kier alpha value is -4.89. The highest BCUT2D eigenvalue weighted by Gasteiger charge is 2.27. The summed E-state index contributed by atoms with van der Waals surface area (Å²) in [7, 11) is 1.44. The second-order valence-corrected chi connectivity index (χ2v) is 24.2. The lowest BCUT2D eigenvalue weighted by atomic mass is 10.1. The van der Waals surface area contributed by atoms with Crippen LogP contribution in [0, 0.1) is 0 Å². The van der Waals surface area contributed by atoms with Gasteiger partial charge in [-0.25, -0.2) is 4.57 Å². The van der Waals surface area contributed by atoms with Crippen LogP contribution in [0.3, 0.4) is 0 Å². The fourth-order valence-electron chi connectivity index (χ4n) is 8.36. The molecular weight excluding hydrogens is 1090 g/mol. The van der Waals surface area contributed by atoms with Crippen molar-refractivity contribution < 1.29 is 42.1 Å². The van der Waals surface area contributed by atoms with Gasteiger partial charge in [-0.15, -0.1) is 0 Å². The number of likely N-dealkylation sites (N-methyl/N-ethyl adjacent to an activating group) is 1. The van der Waals surface area contributed by atoms with E-state index in [1.165, 1.54) is 32.1 Å². The van der Waals surface area contributed by atoms with Crippen LogP contribution >= 0.6 is 7.82 Å². The highest BCUT2D eigenvalue weighted by atomic mass is 31.2. The molecule has 484 valence electrons. The fourth-order valence-corrected chi connectivity index (χ4v) is 9.11. The average molecular weight is 1210 g/mol. The molecule has 1 N–H and O–H groups in total. The summed E-state index contributed by atoms with van der Waals surface area (Å²) in [6.07, 6.45) is 99.7. The van der Waals surface area contributed by atoms with Gasteiger partial charge in [0.05, 0.1) is 27.7 Å². The van der Waals surface area contributed by atoms with Crippen LogP contribution in [0.2, 0.25) is 0 Å². The lowest BCUT2D eigenvalue weighted by Gasteiger charge is -2.24. The number of nitrogens with zero attached hydrogens (tertiary/aromatic N) is 1. The summed E-state index contributed by atoms with van der Waals surface area (Å²) in [5.74, 6) is -0.834. The number of hydrogen-bond acceptors (Lipinski definition) is 7. The van der Waals surface area contributed by atoms with Crippen molar-refractivity contribution in [2.24, 2.45) is 0 Å². The van der Waals surface area contributed by atoms with Crippen molar-refractivity contribution in [3.8, 4) is 0 Å². The molecule has 0 aromatic rings. The number of hydrogen-bond donors (Lipinski definition) is 1. The molecule has 9 nitrogen and oxygen atoms in total. The molecule has 10 heteroatoms. The number of phosphoric ester groups is 1. The monoisotopic (exact) mass is 1210 g/mol. The zero-order valence-corrected chi connectivity index (χ0v) is 55.9. The third-order valence-electron chi connectivity index (χ3n) is 13.4. The van der Waals surface area contributed by atoms with Gasteiger partial charge in [-0.2, -0.15) is 0 Å². The summed E-state index contributed by atoms with van der Waals surface area (Å²) in [6, 6.07) is 0. The number of quaternary nitrogens is 1. The Bertz CT molecular complexity index is 2100. The van der Waals surface area contributed by atoms with E-state index >= 15 is 0 Å². The van der Waals surface area contributed by atoms with Crippen LogP contribution in [0.15, 0.2) is 182 Å². The number of carbonyl (C=O) groups is 2. The molecule has 0 aliphatic rings. The number of carbonyl (C=O) groups excluding carboxylic acids is 2. The molecule has 0 saturated heterocycles. The van der Waals surface area contributed by atoms with Gasteiger partial charge < -0.3 is 18.9 Å². The maximum absolute atomic E-state index is 12.9. The van der Waals surface area contributed by atoms with Crippen LogP contribution in [0.4, 0.5) is 0 Å². The third-order valence-corrected chi connectivity index (χ3v) is 14.4. The van der Waals surface area contributed by atoms with E-state index < -0.39 is 26.5 Å². The first-order chi connectivity index (χ1) is 42.0. The van der Waals surface area contributed by atoms with Gasteiger partial charge in [0, 0.05) is 12.8 Å². The molecule has 0 aliphatic carbocycles. The molecule has 0 spiro atoms. The normalized spacial score (nSPS) is 14.3. The minimum absolute atomic E-state index is 0.0175. The van der Waals surface area contributed by atoms with Gasteiger partial charge in [0.15, 0.2) is 6.10 Å². The standard InChI is InChI=1S/C76H122NO8P/c1-6-8-10-12-14-16-18-20-22-24-26-28-30-32-33-34-35-36-37-38-39-40-41-42-43-45-47-49-51-53-55-57-59-61-63-65-67-69-76(79)85-74(73-84-86(80,81)83-71-70-77(3,4)5)72-82-75(78)68-66-64-62-60-58-56-54-52-50-48-46-44-31-29-27-25-23-21-19-17-15-13-11-9-7-2/h8-11,14-17,20-23,26-29,32-33,35-36,38-39,41-42,44-47,50,52,74H,6-7,12-13,18-19,24-25,30-31,34,37,40,43,48-49,51,53-73H2,1-5H3/p+1/b10-8-,11-9-,16-14-,17-15-,22-20-,23-21-,28-26-,29-27-,33-32-,36-35-,39-38-,42-41-,46-44-,47-45-,52-50-. The Labute approximate surface area is 527 Å². The first kappa shape index (κ1) is 81.1. The van der Waals surface area contributed by atoms with E-state index in [2.05, 4.69) is 196 Å². The molecule has 2 atom stereocenters. The molecule has 0 rings (SSSR count). The number of ether oxygens (including phenoxy) is 2. The first-order valence-corrected chi connectivity index (χ1v) is 35.0. The summed E-state index contributed by atoms with van der Waals surface area (Å²) in [5.41, 5.74) is 0. The molecule has 0 aromatic heterocycles. The predicted molar refractivity (Wildman–Crippen MR) is 371 cm³/mol. The van der Waals surface area contributed by atoms with Crippen molar-refractivity contribution >= 4 is 19.8 Å². The lowest BCUT2D eigenvalue weighted by molar-refractivity contribution is -0.870. The fraction of sp³-hybridized carbons (Fsp3) is 0.579. The first-order valence-electron chi connectivity index (χ1n) is 33.5. The summed E-state index contributed by atoms with van der Waals surface area (Å²) in [5, 5.41) is 0. The Morgan fingerprint density at radius 3 is 0.930 bits per heavy atom. The number of esters is 2. The predicted octanol–water partition coefficient (Wildman–Crippen LogP) is 21.9. The topological polar surface area (TPSA) is 108 Å². The van der Waals surface area contributed by atoms with Crippen molar-refractivity contribution in [3.05, 3.63) is 182 Å². The Morgan fingerprint density at radius 2 is 0.628 bits per heavy atom. The van der Waals surface area contributed by atoms with Gasteiger partial charge in [-0.3, -0.25) is 18.6 Å². The van der Waals surface area contributed by atoms with Crippen molar-refractivity contribution in [2.45, 2.75) is 238 Å². The molecule has 0 fully saturated rings. The van der Waals surface area contributed by atoms with Gasteiger partial charge in [0.1, 0.15) is 19.8 Å². The van der Waals surface area contributed by atoms with Crippen molar-refractivity contribution in [2.75, 3.05) is 47.5 Å². The number of allylic oxidation sites excluding steroid dienone is 30. The van der Waals surface area contributed by atoms with Crippen LogP contribution in [0.5, 0.6) is 0 Å². The molecule has 0 heterocycles. The Balaban J connectivity index is 4.19. The highest BCUT2D eigenvalue weighted by molar-refractivity contribution is 7.47. The largest absolute Gasteiger partial charge is 0.472 e. The summed E-state index contributed by atoms with van der Waals surface area (Å²) in [6.45, 7) is 4.16. The molecular formula is C76H123NO8P+. The minimum Gasteiger partial charge on any atom is -0.462 e. The minimum atomic E-state index is -4.41. The van der Waals surface area contributed by atoms with Crippen LogP contribution in [-0.4, -0.2) is 74.9 Å². The Morgan fingerprint density at radius 1 is 0.360 bits per heavy atom. The quantitative estimate of drug-likeness (QED) is 0.0211. The maximum Gasteiger partial charge on any atom is 0.472 e. The zero-order valence-electron chi connectivity index (χ0n) is 55.0. The maximum atomic E-state index is 12.9. The van der Waals surface area contributed by atoms with Gasteiger partial charge in [0.25, 0.3) is 0 Å². The molecule has 0 radical (unpaired) electrons. The Kier molecular flexibility index (Phi) is 60.9. The van der Waals surface area contributed by atoms with E-state index in [1.807, 2.05) is 21.1 Å². The number of phosphoric acid groups is 1. The number of unbranched alkanes of at least 4 members (excludes halogenated alkanes) is 15. The second-order valence-electron chi connectivity index (χ2n) is 22.7. The van der Waals surface area contributed by atoms with Crippen molar-refractivity contribution in [3.63, 3.8) is 0 Å². The second kappa shape index (κ2) is 64.6. The third kappa shape index (κ3) is 68.2. The molecule has 0 bridgehead atoms. The van der Waals surface area contributed by atoms with Crippen LogP contribution in [0.1, 0.15) is 232 Å². The molecule has 0 saturated carbocycles. The van der Waals surface area contributed by atoms with Crippen molar-refractivity contribution in [1.82, 2.24) is 0 Å². The smallest absolute Gasteiger partial charge is 0.462 e. The van der Waals surface area contributed by atoms with Crippen LogP contribution < -0.4 is 0 Å². The zero-order chi connectivity index (χ0) is 62.6. The molecule has 0 aliphatic heterocycles. The van der Waals surface area contributed by atoms with E-state index in [-0.39, 0.29) is 32.0 Å². The molecule has 0 aromatic carbocycles. The van der Waals surface area contributed by atoms with E-state index in [4.69, 9.17) is 18.5 Å². The molecule has 0 amide bonds. The number of rotatable bonds is 59. The van der Waals surface area contributed by atoms with E-state index in [0.717, 1.165) is 161 Å². The summed E-state index contributed by atoms with van der Waals surface area (Å²) in [4.78, 5) is 35.8. The highest BCUT2D eigenvalue weighted by Crippen LogP contribution is 2.43. The molecule has 2 unspecified atom stereocenters. The van der Waals surface area contributed by atoms with Gasteiger partial charge >= 0.3 is 19.8 Å². The summed E-state index contributed by atoms with van der Waals surface area (Å²) < 4.78 is 34.6.